The Labute approximate surface area is 192 Å². The van der Waals surface area contributed by atoms with Gasteiger partial charge in [-0.25, -0.2) is 13.4 Å². The van der Waals surface area contributed by atoms with E-state index in [0.29, 0.717) is 22.9 Å². The van der Waals surface area contributed by atoms with E-state index in [1.165, 1.54) is 4.31 Å². The zero-order valence-electron chi connectivity index (χ0n) is 18.4. The van der Waals surface area contributed by atoms with Crippen LogP contribution in [0.15, 0.2) is 65.6 Å². The average molecular weight is 468 g/mol. The van der Waals surface area contributed by atoms with Crippen LogP contribution in [-0.2, 0) is 14.8 Å². The molecule has 0 unspecified atom stereocenters. The first-order chi connectivity index (χ1) is 15.8. The summed E-state index contributed by atoms with van der Waals surface area (Å²) in [5.74, 6) is 0.129. The Morgan fingerprint density at radius 3 is 2.70 bits per heavy atom. The maximum Gasteiger partial charge on any atom is 0.303 e. The Balaban J connectivity index is 1.80. The van der Waals surface area contributed by atoms with Crippen LogP contribution in [0.3, 0.4) is 0 Å². The third kappa shape index (κ3) is 4.78. The maximum absolute atomic E-state index is 13.7. The van der Waals surface area contributed by atoms with E-state index in [-0.39, 0.29) is 24.3 Å². The Bertz CT molecular complexity index is 1290. The van der Waals surface area contributed by atoms with Crippen molar-refractivity contribution in [2.75, 3.05) is 23.2 Å². The number of pyridine rings is 1. The summed E-state index contributed by atoms with van der Waals surface area (Å²) in [6, 6.07) is 17.6. The van der Waals surface area contributed by atoms with E-state index in [1.54, 1.807) is 37.4 Å². The van der Waals surface area contributed by atoms with Gasteiger partial charge in [-0.3, -0.25) is 9.10 Å². The van der Waals surface area contributed by atoms with Gasteiger partial charge in [0.15, 0.2) is 0 Å². The number of carboxylic acid groups (broad SMARTS) is 1. The van der Waals surface area contributed by atoms with Gasteiger partial charge in [0.1, 0.15) is 17.7 Å². The largest absolute Gasteiger partial charge is 0.486 e. The van der Waals surface area contributed by atoms with Crippen LogP contribution < -0.4 is 14.4 Å². The molecule has 0 bridgehead atoms. The van der Waals surface area contributed by atoms with Crippen molar-refractivity contribution in [3.8, 4) is 17.0 Å². The number of benzene rings is 2. The molecule has 1 aliphatic heterocycles. The molecule has 0 saturated heterocycles. The predicted octanol–water partition coefficient (Wildman–Crippen LogP) is 3.92. The molecule has 33 heavy (non-hydrogen) atoms. The first-order valence-corrected chi connectivity index (χ1v) is 12.0. The summed E-state index contributed by atoms with van der Waals surface area (Å²) >= 11 is 0. The molecule has 0 radical (unpaired) electrons. The molecule has 9 heteroatoms. The van der Waals surface area contributed by atoms with E-state index in [1.807, 2.05) is 37.3 Å². The molecule has 1 aliphatic rings. The normalized spacial score (nSPS) is 15.5. The van der Waals surface area contributed by atoms with Gasteiger partial charge in [0.25, 0.3) is 10.0 Å². The van der Waals surface area contributed by atoms with E-state index < -0.39 is 22.1 Å². The van der Waals surface area contributed by atoms with Gasteiger partial charge in [-0.1, -0.05) is 18.2 Å². The number of hydrogen-bond donors (Lipinski definition) is 2. The van der Waals surface area contributed by atoms with Gasteiger partial charge in [-0.2, -0.15) is 0 Å². The molecule has 0 spiro atoms. The molecule has 2 heterocycles. The highest BCUT2D eigenvalue weighted by molar-refractivity contribution is 7.92. The second kappa shape index (κ2) is 9.11. The molecule has 1 atom stereocenters. The lowest BCUT2D eigenvalue weighted by atomic mass is 10.1. The molecule has 2 aromatic carbocycles. The summed E-state index contributed by atoms with van der Waals surface area (Å²) in [6.07, 6.45) is -0.496. The highest BCUT2D eigenvalue weighted by Crippen LogP contribution is 2.40. The molecule has 0 fully saturated rings. The smallest absolute Gasteiger partial charge is 0.303 e. The van der Waals surface area contributed by atoms with Crippen molar-refractivity contribution in [2.24, 2.45) is 0 Å². The minimum Gasteiger partial charge on any atom is -0.486 e. The van der Waals surface area contributed by atoms with Gasteiger partial charge in [-0.15, -0.1) is 0 Å². The van der Waals surface area contributed by atoms with Crippen LogP contribution in [0.5, 0.6) is 5.75 Å². The molecule has 8 nitrogen and oxygen atoms in total. The zero-order chi connectivity index (χ0) is 23.6. The van der Waals surface area contributed by atoms with E-state index >= 15 is 0 Å². The van der Waals surface area contributed by atoms with Crippen molar-refractivity contribution < 1.29 is 23.1 Å². The summed E-state index contributed by atoms with van der Waals surface area (Å²) in [4.78, 5) is 15.8. The van der Waals surface area contributed by atoms with Gasteiger partial charge in [-0.05, 0) is 61.4 Å². The number of rotatable bonds is 7. The van der Waals surface area contributed by atoms with Gasteiger partial charge in [0, 0.05) is 19.0 Å². The lowest BCUT2D eigenvalue weighted by Gasteiger charge is -2.35. The van der Waals surface area contributed by atoms with Crippen molar-refractivity contribution in [3.05, 3.63) is 66.2 Å². The topological polar surface area (TPSA) is 109 Å². The molecule has 3 aromatic rings. The monoisotopic (exact) mass is 467 g/mol. The van der Waals surface area contributed by atoms with Crippen molar-refractivity contribution in [1.82, 2.24) is 4.98 Å². The van der Waals surface area contributed by atoms with Crippen molar-refractivity contribution in [2.45, 2.75) is 30.8 Å². The van der Waals surface area contributed by atoms with Gasteiger partial charge >= 0.3 is 5.97 Å². The fraction of sp³-hybridized carbons (Fsp3) is 0.250. The third-order valence-corrected chi connectivity index (χ3v) is 7.23. The average Bonchev–Trinajstić information content (AvgIpc) is 2.81. The summed E-state index contributed by atoms with van der Waals surface area (Å²) in [5, 5.41) is 12.1. The van der Waals surface area contributed by atoms with Crippen LogP contribution in [0.25, 0.3) is 11.3 Å². The number of aryl methyl sites for hydroxylation is 1. The van der Waals surface area contributed by atoms with Crippen molar-refractivity contribution in [1.29, 1.82) is 0 Å². The van der Waals surface area contributed by atoms with Crippen LogP contribution in [-0.4, -0.2) is 44.2 Å². The third-order valence-electron chi connectivity index (χ3n) is 5.45. The van der Waals surface area contributed by atoms with E-state index in [4.69, 9.17) is 9.84 Å². The van der Waals surface area contributed by atoms with Gasteiger partial charge in [0.05, 0.1) is 22.8 Å². The highest BCUT2D eigenvalue weighted by atomic mass is 32.2. The first-order valence-electron chi connectivity index (χ1n) is 10.5. The number of nitrogens with one attached hydrogen (secondary N) is 1. The number of nitrogens with zero attached hydrogens (tertiary/aromatic N) is 2. The van der Waals surface area contributed by atoms with E-state index in [0.717, 1.165) is 11.1 Å². The molecule has 4 rings (SSSR count). The second-order valence-electron chi connectivity index (χ2n) is 7.87. The minimum absolute atomic E-state index is 0.0178. The molecular formula is C24H25N3O5S. The Morgan fingerprint density at radius 1 is 1.18 bits per heavy atom. The number of hydrogen-bond acceptors (Lipinski definition) is 6. The van der Waals surface area contributed by atoms with E-state index in [2.05, 4.69) is 10.3 Å². The number of anilines is 2. The first kappa shape index (κ1) is 22.6. The maximum atomic E-state index is 13.7. The molecule has 0 aliphatic carbocycles. The van der Waals surface area contributed by atoms with Crippen molar-refractivity contribution >= 4 is 27.5 Å². The van der Waals surface area contributed by atoms with Crippen LogP contribution >= 0.6 is 0 Å². The van der Waals surface area contributed by atoms with Gasteiger partial charge < -0.3 is 15.2 Å². The molecule has 1 aromatic heterocycles. The number of fused-ring (bicyclic) bond motifs is 1. The molecule has 2 N–H and O–H groups in total. The predicted molar refractivity (Wildman–Crippen MR) is 126 cm³/mol. The zero-order valence-corrected chi connectivity index (χ0v) is 19.2. The number of aliphatic carboxylic acids is 1. The second-order valence-corrected chi connectivity index (χ2v) is 9.73. The quantitative estimate of drug-likeness (QED) is 0.542. The molecule has 0 saturated carbocycles. The molecular weight excluding hydrogens is 442 g/mol. The van der Waals surface area contributed by atoms with Crippen LogP contribution in [0, 0.1) is 6.92 Å². The van der Waals surface area contributed by atoms with Crippen LogP contribution in [0.1, 0.15) is 18.4 Å². The number of ether oxygens (including phenoxy) is 1. The molecule has 172 valence electrons. The Morgan fingerprint density at radius 2 is 1.97 bits per heavy atom. The van der Waals surface area contributed by atoms with Crippen LogP contribution in [0.4, 0.5) is 11.5 Å². The highest BCUT2D eigenvalue weighted by Gasteiger charge is 2.35. The SMILES string of the molecule is CNc1cccc(-c2ccc3c(c2)N(S(=O)(=O)c2cccc(C)c2)C[C@H](CCC(=O)O)O3)n1. The van der Waals surface area contributed by atoms with Gasteiger partial charge in [0.2, 0.25) is 0 Å². The standard InChI is InChI=1S/C24H25N3O5S/c1-16-5-3-6-19(13-16)33(30,31)27-15-18(10-12-24(28)29)32-22-11-9-17(14-21(22)27)20-7-4-8-23(25-2)26-20/h3-9,11,13-14,18H,10,12,15H2,1-2H3,(H,25,26)(H,28,29)/t18-/m0/s1. The molecule has 0 amide bonds. The van der Waals surface area contributed by atoms with E-state index in [9.17, 15) is 13.2 Å². The Kier molecular flexibility index (Phi) is 6.24. The summed E-state index contributed by atoms with van der Waals surface area (Å²) in [5.41, 5.74) is 2.65. The number of carboxylic acids is 1. The lowest BCUT2D eigenvalue weighted by molar-refractivity contribution is -0.137. The lowest BCUT2D eigenvalue weighted by Crippen LogP contribution is -2.43. The number of sulfonamides is 1. The fourth-order valence-corrected chi connectivity index (χ4v) is 5.38. The van der Waals surface area contributed by atoms with Crippen molar-refractivity contribution in [3.63, 3.8) is 0 Å². The minimum atomic E-state index is -3.91. The summed E-state index contributed by atoms with van der Waals surface area (Å²) in [6.45, 7) is 1.85. The number of carbonyl (C=O) groups is 1. The fourth-order valence-electron chi connectivity index (χ4n) is 3.77. The summed E-state index contributed by atoms with van der Waals surface area (Å²) < 4.78 is 34.6. The number of aromatic nitrogens is 1. The van der Waals surface area contributed by atoms with Crippen LogP contribution in [0.2, 0.25) is 0 Å². The Hall–Kier alpha value is -3.59. The summed E-state index contributed by atoms with van der Waals surface area (Å²) in [7, 11) is -2.13.